The van der Waals surface area contributed by atoms with Crippen LogP contribution in [0.2, 0.25) is 0 Å². The molecule has 5 heteroatoms. The number of carbonyl (C=O) groups is 1. The van der Waals surface area contributed by atoms with Gasteiger partial charge in [0, 0.05) is 11.6 Å². The number of para-hydroxylation sites is 1. The highest BCUT2D eigenvalue weighted by atomic mass is 16.1. The van der Waals surface area contributed by atoms with E-state index >= 15 is 0 Å². The normalized spacial score (nSPS) is 10.3. The van der Waals surface area contributed by atoms with Crippen molar-refractivity contribution in [3.63, 3.8) is 0 Å². The van der Waals surface area contributed by atoms with Gasteiger partial charge in [0.1, 0.15) is 0 Å². The summed E-state index contributed by atoms with van der Waals surface area (Å²) in [7, 11) is 0. The molecule has 98 valence electrons. The average Bonchev–Trinajstić information content (AvgIpc) is 2.42. The topological polar surface area (TPSA) is 66.9 Å². The molecule has 1 heterocycles. The summed E-state index contributed by atoms with van der Waals surface area (Å²) in [4.78, 5) is 11.5. The largest absolute Gasteiger partial charge is 0.339 e. The Hall–Kier alpha value is -2.43. The predicted octanol–water partition coefficient (Wildman–Crippen LogP) is 2.81. The maximum atomic E-state index is 11.5. The lowest BCUT2D eigenvalue weighted by Gasteiger charge is -2.07. The summed E-state index contributed by atoms with van der Waals surface area (Å²) < 4.78 is 0. The Bertz CT molecular complexity index is 537. The zero-order chi connectivity index (χ0) is 13.7. The second-order valence-electron chi connectivity index (χ2n) is 4.44. The Morgan fingerprint density at radius 3 is 2.21 bits per heavy atom. The van der Waals surface area contributed by atoms with Gasteiger partial charge in [0.25, 0.3) is 0 Å². The van der Waals surface area contributed by atoms with Crippen molar-refractivity contribution in [1.82, 2.24) is 10.2 Å². The van der Waals surface area contributed by atoms with Gasteiger partial charge in [-0.3, -0.25) is 4.79 Å². The van der Waals surface area contributed by atoms with Crippen molar-refractivity contribution in [3.8, 4) is 0 Å². The van der Waals surface area contributed by atoms with Crippen molar-refractivity contribution in [2.45, 2.75) is 13.8 Å². The van der Waals surface area contributed by atoms with Crippen LogP contribution in [-0.4, -0.2) is 16.1 Å². The molecule has 1 aromatic heterocycles. The van der Waals surface area contributed by atoms with E-state index in [0.29, 0.717) is 11.6 Å². The molecule has 0 unspecified atom stereocenters. The van der Waals surface area contributed by atoms with Gasteiger partial charge in [0.2, 0.25) is 5.91 Å². The fourth-order valence-electron chi connectivity index (χ4n) is 1.41. The SMILES string of the molecule is CC(C)C(=O)Nc1ccc(Nc2ccccc2)nn1. The van der Waals surface area contributed by atoms with Gasteiger partial charge < -0.3 is 10.6 Å². The molecular weight excluding hydrogens is 240 g/mol. The lowest BCUT2D eigenvalue weighted by Crippen LogP contribution is -2.18. The van der Waals surface area contributed by atoms with Crippen molar-refractivity contribution < 1.29 is 4.79 Å². The van der Waals surface area contributed by atoms with E-state index < -0.39 is 0 Å². The van der Waals surface area contributed by atoms with E-state index in [-0.39, 0.29) is 11.8 Å². The van der Waals surface area contributed by atoms with Gasteiger partial charge in [-0.05, 0) is 24.3 Å². The van der Waals surface area contributed by atoms with Crippen LogP contribution >= 0.6 is 0 Å². The predicted molar refractivity (Wildman–Crippen MR) is 75.2 cm³/mol. The molecule has 2 rings (SSSR count). The lowest BCUT2D eigenvalue weighted by atomic mass is 10.2. The second kappa shape index (κ2) is 5.95. The van der Waals surface area contributed by atoms with E-state index in [1.54, 1.807) is 12.1 Å². The standard InChI is InChI=1S/C14H16N4O/c1-10(2)14(19)16-13-9-8-12(17-18-13)15-11-6-4-3-5-7-11/h3-10H,1-2H3,(H,15,17)(H,16,18,19). The number of anilines is 3. The fourth-order valence-corrected chi connectivity index (χ4v) is 1.41. The van der Waals surface area contributed by atoms with Crippen LogP contribution < -0.4 is 10.6 Å². The number of carbonyl (C=O) groups excluding carboxylic acids is 1. The van der Waals surface area contributed by atoms with Crippen molar-refractivity contribution in [3.05, 3.63) is 42.5 Å². The smallest absolute Gasteiger partial charge is 0.228 e. The molecule has 1 aromatic carbocycles. The molecule has 19 heavy (non-hydrogen) atoms. The first kappa shape index (κ1) is 13.0. The third-order valence-electron chi connectivity index (χ3n) is 2.49. The van der Waals surface area contributed by atoms with Crippen LogP contribution in [0.15, 0.2) is 42.5 Å². The van der Waals surface area contributed by atoms with Crippen LogP contribution in [0.1, 0.15) is 13.8 Å². The van der Waals surface area contributed by atoms with Gasteiger partial charge in [-0.15, -0.1) is 10.2 Å². The molecule has 2 N–H and O–H groups in total. The number of hydrogen-bond acceptors (Lipinski definition) is 4. The van der Waals surface area contributed by atoms with E-state index in [4.69, 9.17) is 0 Å². The third kappa shape index (κ3) is 3.77. The van der Waals surface area contributed by atoms with Gasteiger partial charge >= 0.3 is 0 Å². The first-order valence-corrected chi connectivity index (χ1v) is 6.12. The van der Waals surface area contributed by atoms with Crippen molar-refractivity contribution in [2.75, 3.05) is 10.6 Å². The Labute approximate surface area is 112 Å². The molecule has 0 bridgehead atoms. The molecule has 0 saturated heterocycles. The summed E-state index contributed by atoms with van der Waals surface area (Å²) in [5, 5.41) is 13.8. The minimum absolute atomic E-state index is 0.0712. The number of aromatic nitrogens is 2. The third-order valence-corrected chi connectivity index (χ3v) is 2.49. The number of amides is 1. The van der Waals surface area contributed by atoms with Crippen LogP contribution in [0.4, 0.5) is 17.3 Å². The van der Waals surface area contributed by atoms with Gasteiger partial charge in [-0.1, -0.05) is 32.0 Å². The minimum atomic E-state index is -0.0797. The van der Waals surface area contributed by atoms with Crippen LogP contribution in [-0.2, 0) is 4.79 Å². The Morgan fingerprint density at radius 1 is 1.00 bits per heavy atom. The van der Waals surface area contributed by atoms with Crippen LogP contribution in [0.25, 0.3) is 0 Å². The first-order chi connectivity index (χ1) is 9.15. The highest BCUT2D eigenvalue weighted by Crippen LogP contribution is 2.14. The molecule has 0 aliphatic heterocycles. The summed E-state index contributed by atoms with van der Waals surface area (Å²) >= 11 is 0. The molecule has 5 nitrogen and oxygen atoms in total. The number of rotatable bonds is 4. The van der Waals surface area contributed by atoms with Gasteiger partial charge in [-0.25, -0.2) is 0 Å². The quantitative estimate of drug-likeness (QED) is 0.882. The van der Waals surface area contributed by atoms with Gasteiger partial charge in [0.05, 0.1) is 0 Å². The summed E-state index contributed by atoms with van der Waals surface area (Å²) in [5.41, 5.74) is 0.941. The molecule has 0 fully saturated rings. The Balaban J connectivity index is 2.01. The maximum absolute atomic E-state index is 11.5. The zero-order valence-electron chi connectivity index (χ0n) is 10.9. The number of hydrogen-bond donors (Lipinski definition) is 2. The van der Waals surface area contributed by atoms with E-state index in [0.717, 1.165) is 5.69 Å². The van der Waals surface area contributed by atoms with Crippen LogP contribution in [0.5, 0.6) is 0 Å². The molecular formula is C14H16N4O. The molecule has 0 saturated carbocycles. The molecule has 0 aliphatic rings. The minimum Gasteiger partial charge on any atom is -0.339 e. The summed E-state index contributed by atoms with van der Waals surface area (Å²) in [6.45, 7) is 3.65. The monoisotopic (exact) mass is 256 g/mol. The zero-order valence-corrected chi connectivity index (χ0v) is 10.9. The fraction of sp³-hybridized carbons (Fsp3) is 0.214. The lowest BCUT2D eigenvalue weighted by molar-refractivity contribution is -0.118. The molecule has 0 radical (unpaired) electrons. The highest BCUT2D eigenvalue weighted by Gasteiger charge is 2.08. The molecule has 2 aromatic rings. The summed E-state index contributed by atoms with van der Waals surface area (Å²) in [5.74, 6) is 0.938. The van der Waals surface area contributed by atoms with Crippen molar-refractivity contribution in [2.24, 2.45) is 5.92 Å². The summed E-state index contributed by atoms with van der Waals surface area (Å²) in [6.07, 6.45) is 0. The molecule has 0 spiro atoms. The Kier molecular flexibility index (Phi) is 4.07. The highest BCUT2D eigenvalue weighted by molar-refractivity contribution is 5.91. The van der Waals surface area contributed by atoms with E-state index in [2.05, 4.69) is 20.8 Å². The van der Waals surface area contributed by atoms with Crippen molar-refractivity contribution in [1.29, 1.82) is 0 Å². The van der Waals surface area contributed by atoms with Gasteiger partial charge in [-0.2, -0.15) is 0 Å². The first-order valence-electron chi connectivity index (χ1n) is 6.12. The maximum Gasteiger partial charge on any atom is 0.228 e. The number of benzene rings is 1. The average molecular weight is 256 g/mol. The Morgan fingerprint density at radius 2 is 1.63 bits per heavy atom. The number of nitrogens with one attached hydrogen (secondary N) is 2. The molecule has 1 amide bonds. The van der Waals surface area contributed by atoms with Gasteiger partial charge in [0.15, 0.2) is 11.6 Å². The van der Waals surface area contributed by atoms with Crippen molar-refractivity contribution >= 4 is 23.2 Å². The number of nitrogens with zero attached hydrogens (tertiary/aromatic N) is 2. The second-order valence-corrected chi connectivity index (χ2v) is 4.44. The van der Waals surface area contributed by atoms with Crippen LogP contribution in [0.3, 0.4) is 0 Å². The molecule has 0 atom stereocenters. The molecule has 0 aliphatic carbocycles. The van der Waals surface area contributed by atoms with Crippen LogP contribution in [0, 0.1) is 5.92 Å². The van der Waals surface area contributed by atoms with E-state index in [9.17, 15) is 4.79 Å². The summed E-state index contributed by atoms with van der Waals surface area (Å²) in [6, 6.07) is 13.2. The van der Waals surface area contributed by atoms with E-state index in [1.807, 2.05) is 44.2 Å². The van der Waals surface area contributed by atoms with E-state index in [1.165, 1.54) is 0 Å².